The summed E-state index contributed by atoms with van der Waals surface area (Å²) >= 11 is 0. The molecule has 1 aromatic rings. The van der Waals surface area contributed by atoms with Crippen molar-refractivity contribution in [3.63, 3.8) is 0 Å². The van der Waals surface area contributed by atoms with Crippen LogP contribution in [0.15, 0.2) is 24.3 Å². The number of aryl methyl sites for hydroxylation is 1. The molecular weight excluding hydrogens is 252 g/mol. The highest BCUT2D eigenvalue weighted by atomic mass is 16.2. The summed E-state index contributed by atoms with van der Waals surface area (Å²) in [5.41, 5.74) is 2.37. The first-order chi connectivity index (χ1) is 9.65. The molecule has 1 N–H and O–H groups in total. The summed E-state index contributed by atoms with van der Waals surface area (Å²) in [4.78, 5) is 25.8. The molecule has 0 aromatic heterocycles. The lowest BCUT2D eigenvalue weighted by Crippen LogP contribution is -2.57. The molecule has 1 atom stereocenters. The van der Waals surface area contributed by atoms with E-state index in [4.69, 9.17) is 0 Å². The molecule has 1 unspecified atom stereocenters. The number of carbonyl (C=O) groups is 2. The molecule has 0 aliphatic carbocycles. The van der Waals surface area contributed by atoms with E-state index in [0.29, 0.717) is 13.0 Å². The number of amides is 2. The maximum atomic E-state index is 12.4. The van der Waals surface area contributed by atoms with Crippen molar-refractivity contribution in [1.82, 2.24) is 10.2 Å². The average Bonchev–Trinajstić information content (AvgIpc) is 2.44. The minimum atomic E-state index is -0.352. The zero-order valence-electron chi connectivity index (χ0n) is 12.2. The van der Waals surface area contributed by atoms with Crippen molar-refractivity contribution in [3.8, 4) is 0 Å². The van der Waals surface area contributed by atoms with E-state index in [-0.39, 0.29) is 24.4 Å². The number of rotatable bonds is 5. The summed E-state index contributed by atoms with van der Waals surface area (Å²) in [7, 11) is 0. The Morgan fingerprint density at radius 1 is 1.20 bits per heavy atom. The van der Waals surface area contributed by atoms with E-state index in [1.807, 2.05) is 25.1 Å². The smallest absolute Gasteiger partial charge is 0.245 e. The number of nitrogens with one attached hydrogen (secondary N) is 1. The molecule has 4 heteroatoms. The quantitative estimate of drug-likeness (QED) is 0.891. The van der Waals surface area contributed by atoms with E-state index >= 15 is 0 Å². The van der Waals surface area contributed by atoms with Crippen molar-refractivity contribution in [2.75, 3.05) is 6.54 Å². The molecule has 108 valence electrons. The molecule has 2 rings (SSSR count). The third kappa shape index (κ3) is 3.18. The van der Waals surface area contributed by atoms with Gasteiger partial charge in [0.2, 0.25) is 11.8 Å². The Kier molecular flexibility index (Phi) is 4.77. The van der Waals surface area contributed by atoms with Gasteiger partial charge in [-0.25, -0.2) is 0 Å². The van der Waals surface area contributed by atoms with Gasteiger partial charge in [-0.1, -0.05) is 44.5 Å². The second-order valence-corrected chi connectivity index (χ2v) is 5.23. The van der Waals surface area contributed by atoms with Crippen molar-refractivity contribution >= 4 is 11.8 Å². The molecule has 1 aromatic carbocycles. The fourth-order valence-corrected chi connectivity index (χ4v) is 2.65. The van der Waals surface area contributed by atoms with E-state index in [1.165, 1.54) is 5.56 Å². The molecule has 0 bridgehead atoms. The predicted octanol–water partition coefficient (Wildman–Crippen LogP) is 1.88. The first-order valence-corrected chi connectivity index (χ1v) is 7.30. The molecule has 20 heavy (non-hydrogen) atoms. The summed E-state index contributed by atoms with van der Waals surface area (Å²) < 4.78 is 0. The third-order valence-electron chi connectivity index (χ3n) is 3.72. The van der Waals surface area contributed by atoms with Gasteiger partial charge in [0.1, 0.15) is 6.04 Å². The SMILES string of the molecule is CCCC1NC(=O)CN(Cc2ccccc2CC)C1=O. The van der Waals surface area contributed by atoms with E-state index < -0.39 is 0 Å². The summed E-state index contributed by atoms with van der Waals surface area (Å²) in [6, 6.07) is 7.75. The third-order valence-corrected chi connectivity index (χ3v) is 3.72. The van der Waals surface area contributed by atoms with E-state index in [2.05, 4.69) is 18.3 Å². The van der Waals surface area contributed by atoms with Crippen molar-refractivity contribution in [3.05, 3.63) is 35.4 Å². The number of nitrogens with zero attached hydrogens (tertiary/aromatic N) is 1. The molecule has 1 saturated heterocycles. The summed E-state index contributed by atoms with van der Waals surface area (Å²) in [5, 5.41) is 2.78. The lowest BCUT2D eigenvalue weighted by molar-refractivity contribution is -0.145. The van der Waals surface area contributed by atoms with Crippen LogP contribution in [-0.4, -0.2) is 29.3 Å². The summed E-state index contributed by atoms with van der Waals surface area (Å²) in [5.74, 6) is -0.0191. The van der Waals surface area contributed by atoms with Crippen molar-refractivity contribution < 1.29 is 9.59 Å². The number of piperazine rings is 1. The largest absolute Gasteiger partial charge is 0.343 e. The monoisotopic (exact) mass is 274 g/mol. The van der Waals surface area contributed by atoms with Crippen LogP contribution in [0.1, 0.15) is 37.8 Å². The molecule has 4 nitrogen and oxygen atoms in total. The van der Waals surface area contributed by atoms with E-state index in [9.17, 15) is 9.59 Å². The van der Waals surface area contributed by atoms with Crippen LogP contribution in [0.4, 0.5) is 0 Å². The second-order valence-electron chi connectivity index (χ2n) is 5.23. The first-order valence-electron chi connectivity index (χ1n) is 7.30. The molecule has 1 fully saturated rings. The normalized spacial score (nSPS) is 19.1. The number of carbonyl (C=O) groups excluding carboxylic acids is 2. The van der Waals surface area contributed by atoms with Gasteiger partial charge in [-0.15, -0.1) is 0 Å². The van der Waals surface area contributed by atoms with Crippen LogP contribution in [0.3, 0.4) is 0 Å². The Bertz CT molecular complexity index is 499. The Balaban J connectivity index is 2.14. The molecule has 1 heterocycles. The molecular formula is C16H22N2O2. The molecule has 2 amide bonds. The van der Waals surface area contributed by atoms with Crippen LogP contribution in [-0.2, 0) is 22.6 Å². The standard InChI is InChI=1S/C16H22N2O2/c1-3-7-14-16(20)18(11-15(19)17-14)10-13-9-6-5-8-12(13)4-2/h5-6,8-9,14H,3-4,7,10-11H2,1-2H3,(H,17,19). The Hall–Kier alpha value is -1.84. The topological polar surface area (TPSA) is 49.4 Å². The fraction of sp³-hybridized carbons (Fsp3) is 0.500. The first kappa shape index (κ1) is 14.6. The van der Waals surface area contributed by atoms with Gasteiger partial charge < -0.3 is 10.2 Å². The van der Waals surface area contributed by atoms with E-state index in [0.717, 1.165) is 18.4 Å². The van der Waals surface area contributed by atoms with Gasteiger partial charge in [-0.2, -0.15) is 0 Å². The van der Waals surface area contributed by atoms with Gasteiger partial charge in [0.15, 0.2) is 0 Å². The molecule has 1 aliphatic heterocycles. The average molecular weight is 274 g/mol. The lowest BCUT2D eigenvalue weighted by Gasteiger charge is -2.33. The number of hydrogen-bond acceptors (Lipinski definition) is 2. The van der Waals surface area contributed by atoms with Crippen LogP contribution in [0, 0.1) is 0 Å². The second kappa shape index (κ2) is 6.55. The van der Waals surface area contributed by atoms with Crippen LogP contribution in [0.5, 0.6) is 0 Å². The van der Waals surface area contributed by atoms with Crippen molar-refractivity contribution in [2.45, 2.75) is 45.7 Å². The van der Waals surface area contributed by atoms with Gasteiger partial charge in [0.05, 0.1) is 6.54 Å². The maximum absolute atomic E-state index is 12.4. The highest BCUT2D eigenvalue weighted by Gasteiger charge is 2.31. The van der Waals surface area contributed by atoms with Crippen LogP contribution < -0.4 is 5.32 Å². The van der Waals surface area contributed by atoms with Gasteiger partial charge in [-0.3, -0.25) is 9.59 Å². The van der Waals surface area contributed by atoms with Gasteiger partial charge in [0, 0.05) is 6.54 Å². The highest BCUT2D eigenvalue weighted by molar-refractivity contribution is 5.94. The fourth-order valence-electron chi connectivity index (χ4n) is 2.65. The molecule has 1 aliphatic rings. The van der Waals surface area contributed by atoms with Crippen LogP contribution in [0.25, 0.3) is 0 Å². The zero-order chi connectivity index (χ0) is 14.5. The maximum Gasteiger partial charge on any atom is 0.245 e. The summed E-state index contributed by atoms with van der Waals surface area (Å²) in [6.45, 7) is 4.81. The van der Waals surface area contributed by atoms with Crippen LogP contribution >= 0.6 is 0 Å². The zero-order valence-corrected chi connectivity index (χ0v) is 12.2. The van der Waals surface area contributed by atoms with Gasteiger partial charge in [-0.05, 0) is 24.0 Å². The van der Waals surface area contributed by atoms with E-state index in [1.54, 1.807) is 4.90 Å². The minimum absolute atomic E-state index is 0.0392. The summed E-state index contributed by atoms with van der Waals surface area (Å²) in [6.07, 6.45) is 2.52. The Morgan fingerprint density at radius 2 is 1.90 bits per heavy atom. The Morgan fingerprint density at radius 3 is 2.55 bits per heavy atom. The number of hydrogen-bond donors (Lipinski definition) is 1. The van der Waals surface area contributed by atoms with Crippen molar-refractivity contribution in [1.29, 1.82) is 0 Å². The lowest BCUT2D eigenvalue weighted by atomic mass is 10.0. The minimum Gasteiger partial charge on any atom is -0.343 e. The molecule has 0 spiro atoms. The number of benzene rings is 1. The Labute approximate surface area is 120 Å². The molecule has 0 saturated carbocycles. The molecule has 0 radical (unpaired) electrons. The van der Waals surface area contributed by atoms with Gasteiger partial charge in [0.25, 0.3) is 0 Å². The highest BCUT2D eigenvalue weighted by Crippen LogP contribution is 2.16. The van der Waals surface area contributed by atoms with Crippen LogP contribution in [0.2, 0.25) is 0 Å². The van der Waals surface area contributed by atoms with Crippen molar-refractivity contribution in [2.24, 2.45) is 0 Å². The van der Waals surface area contributed by atoms with Gasteiger partial charge >= 0.3 is 0 Å². The predicted molar refractivity (Wildman–Crippen MR) is 78.1 cm³/mol.